The highest BCUT2D eigenvalue weighted by Crippen LogP contribution is 2.17. The topological polar surface area (TPSA) is 68.0 Å². The van der Waals surface area contributed by atoms with E-state index in [1.807, 2.05) is 31.2 Å². The molecule has 0 aliphatic carbocycles. The Bertz CT molecular complexity index is 599. The SMILES string of the molecule is Cc1cccc(NC(=O)c2cc(Cl)ncc2N)c1. The van der Waals surface area contributed by atoms with Gasteiger partial charge in [0.25, 0.3) is 5.91 Å². The number of hydrogen-bond donors (Lipinski definition) is 2. The van der Waals surface area contributed by atoms with Crippen molar-refractivity contribution in [2.24, 2.45) is 0 Å². The number of aromatic nitrogens is 1. The van der Waals surface area contributed by atoms with Crippen LogP contribution in [0.2, 0.25) is 5.15 Å². The largest absolute Gasteiger partial charge is 0.397 e. The highest BCUT2D eigenvalue weighted by atomic mass is 35.5. The van der Waals surface area contributed by atoms with Crippen LogP contribution in [0.15, 0.2) is 36.5 Å². The zero-order chi connectivity index (χ0) is 13.1. The third-order valence-electron chi connectivity index (χ3n) is 2.42. The first-order valence-electron chi connectivity index (χ1n) is 5.35. The van der Waals surface area contributed by atoms with Crippen LogP contribution in [0.25, 0.3) is 0 Å². The van der Waals surface area contributed by atoms with E-state index < -0.39 is 0 Å². The molecule has 0 saturated heterocycles. The van der Waals surface area contributed by atoms with Crippen LogP contribution in [0.3, 0.4) is 0 Å². The van der Waals surface area contributed by atoms with Gasteiger partial charge in [0.2, 0.25) is 0 Å². The van der Waals surface area contributed by atoms with E-state index in [1.165, 1.54) is 12.3 Å². The summed E-state index contributed by atoms with van der Waals surface area (Å²) in [5.74, 6) is -0.303. The van der Waals surface area contributed by atoms with Crippen molar-refractivity contribution in [1.82, 2.24) is 4.98 Å². The number of nitrogens with zero attached hydrogens (tertiary/aromatic N) is 1. The van der Waals surface area contributed by atoms with E-state index in [2.05, 4.69) is 10.3 Å². The van der Waals surface area contributed by atoms with Gasteiger partial charge in [-0.2, -0.15) is 0 Å². The van der Waals surface area contributed by atoms with Crippen molar-refractivity contribution in [3.8, 4) is 0 Å². The number of rotatable bonds is 2. The molecular formula is C13H12ClN3O. The molecular weight excluding hydrogens is 250 g/mol. The molecule has 18 heavy (non-hydrogen) atoms. The molecule has 1 aromatic heterocycles. The Hall–Kier alpha value is -2.07. The van der Waals surface area contributed by atoms with Crippen LogP contribution in [0.1, 0.15) is 15.9 Å². The molecule has 0 spiro atoms. The van der Waals surface area contributed by atoms with Gasteiger partial charge >= 0.3 is 0 Å². The number of pyridine rings is 1. The van der Waals surface area contributed by atoms with Gasteiger partial charge in [-0.25, -0.2) is 4.98 Å². The Morgan fingerprint density at radius 2 is 2.17 bits per heavy atom. The van der Waals surface area contributed by atoms with E-state index in [4.69, 9.17) is 17.3 Å². The lowest BCUT2D eigenvalue weighted by Crippen LogP contribution is -2.14. The average Bonchev–Trinajstić information content (AvgIpc) is 2.32. The van der Waals surface area contributed by atoms with Gasteiger partial charge in [0.05, 0.1) is 17.4 Å². The molecule has 2 aromatic rings. The molecule has 2 rings (SSSR count). The normalized spacial score (nSPS) is 10.1. The minimum atomic E-state index is -0.303. The van der Waals surface area contributed by atoms with Gasteiger partial charge in [0.15, 0.2) is 0 Å². The number of hydrogen-bond acceptors (Lipinski definition) is 3. The molecule has 4 nitrogen and oxygen atoms in total. The lowest BCUT2D eigenvalue weighted by molar-refractivity contribution is 0.102. The summed E-state index contributed by atoms with van der Waals surface area (Å²) in [6.07, 6.45) is 1.37. The fourth-order valence-electron chi connectivity index (χ4n) is 1.56. The minimum absolute atomic E-state index is 0.235. The van der Waals surface area contributed by atoms with Crippen LogP contribution in [0.5, 0.6) is 0 Å². The molecule has 5 heteroatoms. The summed E-state index contributed by atoms with van der Waals surface area (Å²) in [4.78, 5) is 15.8. The fourth-order valence-corrected chi connectivity index (χ4v) is 1.72. The molecule has 0 bridgehead atoms. The molecule has 0 aliphatic heterocycles. The Labute approximate surface area is 110 Å². The standard InChI is InChI=1S/C13H12ClN3O/c1-8-3-2-4-9(5-8)17-13(18)10-6-12(14)16-7-11(10)15/h2-7H,15H2,1H3,(H,17,18). The number of carbonyl (C=O) groups excluding carboxylic acids is 1. The zero-order valence-electron chi connectivity index (χ0n) is 9.77. The van der Waals surface area contributed by atoms with Crippen molar-refractivity contribution in [2.75, 3.05) is 11.1 Å². The number of halogens is 1. The molecule has 0 aliphatic rings. The lowest BCUT2D eigenvalue weighted by atomic mass is 10.2. The van der Waals surface area contributed by atoms with Crippen LogP contribution in [0, 0.1) is 6.92 Å². The van der Waals surface area contributed by atoms with Crippen LogP contribution in [-0.2, 0) is 0 Å². The van der Waals surface area contributed by atoms with Crippen LogP contribution in [0.4, 0.5) is 11.4 Å². The third-order valence-corrected chi connectivity index (χ3v) is 2.63. The predicted octanol–water partition coefficient (Wildman–Crippen LogP) is 2.88. The highest BCUT2D eigenvalue weighted by Gasteiger charge is 2.11. The molecule has 1 amide bonds. The zero-order valence-corrected chi connectivity index (χ0v) is 10.5. The highest BCUT2D eigenvalue weighted by molar-refractivity contribution is 6.30. The van der Waals surface area contributed by atoms with E-state index in [1.54, 1.807) is 0 Å². The number of anilines is 2. The number of benzene rings is 1. The summed E-state index contributed by atoms with van der Waals surface area (Å²) >= 11 is 5.74. The Morgan fingerprint density at radius 1 is 1.39 bits per heavy atom. The summed E-state index contributed by atoms with van der Waals surface area (Å²) in [5.41, 5.74) is 8.08. The molecule has 0 saturated carbocycles. The van der Waals surface area contributed by atoms with Crippen molar-refractivity contribution in [3.63, 3.8) is 0 Å². The van der Waals surface area contributed by atoms with Crippen LogP contribution >= 0.6 is 11.6 Å². The number of nitrogens with two attached hydrogens (primary N) is 1. The number of carbonyl (C=O) groups is 1. The average molecular weight is 262 g/mol. The molecule has 92 valence electrons. The Kier molecular flexibility index (Phi) is 3.48. The Morgan fingerprint density at radius 3 is 2.89 bits per heavy atom. The van der Waals surface area contributed by atoms with Crippen molar-refractivity contribution >= 4 is 28.9 Å². The van der Waals surface area contributed by atoms with Gasteiger partial charge in [-0.05, 0) is 30.7 Å². The summed E-state index contributed by atoms with van der Waals surface area (Å²) < 4.78 is 0. The van der Waals surface area contributed by atoms with Gasteiger partial charge < -0.3 is 11.1 Å². The molecule has 0 atom stereocenters. The number of nitrogens with one attached hydrogen (secondary N) is 1. The van der Waals surface area contributed by atoms with Crippen LogP contribution in [-0.4, -0.2) is 10.9 Å². The second kappa shape index (κ2) is 5.06. The summed E-state index contributed by atoms with van der Waals surface area (Å²) in [6, 6.07) is 8.95. The van der Waals surface area contributed by atoms with Gasteiger partial charge in [-0.15, -0.1) is 0 Å². The molecule has 1 heterocycles. The first kappa shape index (κ1) is 12.4. The van der Waals surface area contributed by atoms with Gasteiger partial charge in [0.1, 0.15) is 5.15 Å². The van der Waals surface area contributed by atoms with Gasteiger partial charge in [-0.1, -0.05) is 23.7 Å². The fraction of sp³-hybridized carbons (Fsp3) is 0.0769. The second-order valence-corrected chi connectivity index (χ2v) is 4.31. The number of amides is 1. The van der Waals surface area contributed by atoms with E-state index in [0.717, 1.165) is 5.56 Å². The maximum atomic E-state index is 12.0. The molecule has 1 aromatic carbocycles. The van der Waals surface area contributed by atoms with Gasteiger partial charge in [0, 0.05) is 5.69 Å². The summed E-state index contributed by atoms with van der Waals surface area (Å²) in [5, 5.41) is 3.00. The first-order chi connectivity index (χ1) is 8.56. The van der Waals surface area contributed by atoms with Crippen molar-refractivity contribution in [1.29, 1.82) is 0 Å². The molecule has 0 radical (unpaired) electrons. The van der Waals surface area contributed by atoms with E-state index in [9.17, 15) is 4.79 Å². The van der Waals surface area contributed by atoms with Gasteiger partial charge in [-0.3, -0.25) is 4.79 Å². The summed E-state index contributed by atoms with van der Waals surface area (Å²) in [6.45, 7) is 1.95. The quantitative estimate of drug-likeness (QED) is 0.817. The maximum Gasteiger partial charge on any atom is 0.257 e. The Balaban J connectivity index is 2.24. The molecule has 3 N–H and O–H groups in total. The van der Waals surface area contributed by atoms with E-state index in [0.29, 0.717) is 16.9 Å². The maximum absolute atomic E-state index is 12.0. The lowest BCUT2D eigenvalue weighted by Gasteiger charge is -2.08. The summed E-state index contributed by atoms with van der Waals surface area (Å²) in [7, 11) is 0. The van der Waals surface area contributed by atoms with Crippen LogP contribution < -0.4 is 11.1 Å². The minimum Gasteiger partial charge on any atom is -0.397 e. The molecule has 0 unspecified atom stereocenters. The molecule has 0 fully saturated rings. The smallest absolute Gasteiger partial charge is 0.257 e. The second-order valence-electron chi connectivity index (χ2n) is 3.92. The van der Waals surface area contributed by atoms with Crippen molar-refractivity contribution < 1.29 is 4.79 Å². The van der Waals surface area contributed by atoms with E-state index >= 15 is 0 Å². The monoisotopic (exact) mass is 261 g/mol. The van der Waals surface area contributed by atoms with Crippen molar-refractivity contribution in [3.05, 3.63) is 52.8 Å². The predicted molar refractivity (Wildman–Crippen MR) is 72.8 cm³/mol. The number of aryl methyl sites for hydroxylation is 1. The number of nitrogen functional groups attached to an aromatic ring is 1. The van der Waals surface area contributed by atoms with Crippen molar-refractivity contribution in [2.45, 2.75) is 6.92 Å². The van der Waals surface area contributed by atoms with E-state index in [-0.39, 0.29) is 11.1 Å². The first-order valence-corrected chi connectivity index (χ1v) is 5.73. The third kappa shape index (κ3) is 2.78.